The molecule has 0 heterocycles. The second-order valence-corrected chi connectivity index (χ2v) is 6.12. The number of hydrogen-bond donors (Lipinski definition) is 1. The van der Waals surface area contributed by atoms with E-state index >= 15 is 0 Å². The number of rotatable bonds is 6. The smallest absolute Gasteiger partial charge is 0.224 e. The average molecular weight is 260 g/mol. The fraction of sp³-hybridized carbons (Fsp3) is 0.529. The molecule has 0 unspecified atom stereocenters. The molecule has 1 N–H and O–H groups in total. The highest BCUT2D eigenvalue weighted by Crippen LogP contribution is 2.16. The van der Waals surface area contributed by atoms with Crippen LogP contribution in [-0.4, -0.2) is 12.5 Å². The van der Waals surface area contributed by atoms with Crippen LogP contribution in [0.3, 0.4) is 0 Å². The summed E-state index contributed by atoms with van der Waals surface area (Å²) in [6, 6.07) is 8.63. The number of amides is 1. The Morgan fingerprint density at radius 3 is 2.42 bits per heavy atom. The first-order valence-electron chi connectivity index (χ1n) is 7.12. The van der Waals surface area contributed by atoms with Gasteiger partial charge in [-0.15, -0.1) is 0 Å². The first-order valence-corrected chi connectivity index (χ1v) is 7.12. The van der Waals surface area contributed by atoms with E-state index in [-0.39, 0.29) is 11.3 Å². The van der Waals surface area contributed by atoms with Crippen LogP contribution in [0.4, 0.5) is 0 Å². The van der Waals surface area contributed by atoms with Gasteiger partial charge >= 0.3 is 0 Å². The molecule has 0 aliphatic rings. The summed E-state index contributed by atoms with van der Waals surface area (Å²) in [6.07, 6.45) is 4.92. The van der Waals surface area contributed by atoms with Crippen LogP contribution < -0.4 is 5.32 Å². The number of aryl methyl sites for hydroxylation is 1. The van der Waals surface area contributed by atoms with E-state index in [1.807, 2.05) is 20.8 Å². The van der Waals surface area contributed by atoms with Crippen LogP contribution in [0.5, 0.6) is 0 Å². The van der Waals surface area contributed by atoms with Gasteiger partial charge in [-0.3, -0.25) is 4.79 Å². The lowest BCUT2D eigenvalue weighted by molar-refractivity contribution is -0.118. The monoisotopic (exact) mass is 260 g/mol. The van der Waals surface area contributed by atoms with Gasteiger partial charge in [-0.25, -0.2) is 0 Å². The van der Waals surface area contributed by atoms with E-state index < -0.39 is 0 Å². The molecular formula is C17H26NO. The molecule has 2 heteroatoms. The molecule has 0 aliphatic heterocycles. The highest BCUT2D eigenvalue weighted by Gasteiger charge is 2.15. The van der Waals surface area contributed by atoms with Crippen LogP contribution in [0, 0.1) is 11.8 Å². The number of carbonyl (C=O) groups is 1. The molecule has 0 atom stereocenters. The molecule has 0 aliphatic carbocycles. The fourth-order valence-electron chi connectivity index (χ4n) is 2.00. The lowest BCUT2D eigenvalue weighted by Gasteiger charge is -2.16. The molecule has 0 saturated carbocycles. The van der Waals surface area contributed by atoms with Crippen LogP contribution in [0.2, 0.25) is 0 Å². The van der Waals surface area contributed by atoms with Gasteiger partial charge in [0, 0.05) is 6.54 Å². The van der Waals surface area contributed by atoms with Gasteiger partial charge in [0.15, 0.2) is 0 Å². The van der Waals surface area contributed by atoms with Crippen LogP contribution >= 0.6 is 0 Å². The number of carbonyl (C=O) groups excluding carboxylic acids is 1. The molecule has 0 bridgehead atoms. The first-order chi connectivity index (χ1) is 8.90. The van der Waals surface area contributed by atoms with Gasteiger partial charge in [-0.05, 0) is 29.4 Å². The van der Waals surface area contributed by atoms with E-state index in [1.54, 1.807) is 6.42 Å². The molecule has 2 nitrogen and oxygen atoms in total. The van der Waals surface area contributed by atoms with Crippen molar-refractivity contribution in [3.8, 4) is 0 Å². The van der Waals surface area contributed by atoms with Crippen molar-refractivity contribution in [2.45, 2.75) is 47.0 Å². The highest BCUT2D eigenvalue weighted by molar-refractivity contribution is 5.85. The van der Waals surface area contributed by atoms with Crippen molar-refractivity contribution in [2.24, 2.45) is 5.41 Å². The Balaban J connectivity index is 2.36. The van der Waals surface area contributed by atoms with E-state index in [2.05, 4.69) is 36.5 Å². The average Bonchev–Trinajstić information content (AvgIpc) is 2.27. The molecule has 1 rings (SSSR count). The summed E-state index contributed by atoms with van der Waals surface area (Å²) >= 11 is 0. The molecular weight excluding hydrogens is 234 g/mol. The minimum atomic E-state index is -0.0644. The highest BCUT2D eigenvalue weighted by atomic mass is 16.1. The topological polar surface area (TPSA) is 29.1 Å². The van der Waals surface area contributed by atoms with Gasteiger partial charge in [0.2, 0.25) is 5.91 Å². The van der Waals surface area contributed by atoms with Crippen molar-refractivity contribution in [1.29, 1.82) is 0 Å². The lowest BCUT2D eigenvalue weighted by atomic mass is 9.92. The standard InChI is InChI=1S/C17H26NO/c1-5-7-14-8-6-9-15(12-14)10-11-18-16(19)13-17(2,3)4/h6,8-9,12-13H,5,7,10-11H2,1-4H3,(H,18,19). The zero-order valence-corrected chi connectivity index (χ0v) is 12.6. The van der Waals surface area contributed by atoms with Gasteiger partial charge in [0.25, 0.3) is 0 Å². The predicted octanol–water partition coefficient (Wildman–Crippen LogP) is 3.55. The lowest BCUT2D eigenvalue weighted by Crippen LogP contribution is -2.29. The molecule has 0 spiro atoms. The first kappa shape index (κ1) is 15.7. The second kappa shape index (κ2) is 7.32. The summed E-state index contributed by atoms with van der Waals surface area (Å²) in [6.45, 7) is 8.97. The summed E-state index contributed by atoms with van der Waals surface area (Å²) in [7, 11) is 0. The molecule has 0 saturated heterocycles. The summed E-state index contributed by atoms with van der Waals surface area (Å²) in [5.74, 6) is 0.0252. The van der Waals surface area contributed by atoms with Crippen molar-refractivity contribution >= 4 is 5.91 Å². The SMILES string of the molecule is CCCc1cccc(CCNC(=O)[CH]C(C)(C)C)c1. The van der Waals surface area contributed by atoms with Crippen molar-refractivity contribution in [1.82, 2.24) is 5.32 Å². The molecule has 1 aromatic carbocycles. The molecule has 19 heavy (non-hydrogen) atoms. The van der Waals surface area contributed by atoms with E-state index in [0.717, 1.165) is 12.8 Å². The third kappa shape index (κ3) is 7.00. The predicted molar refractivity (Wildman–Crippen MR) is 80.9 cm³/mol. The van der Waals surface area contributed by atoms with Gasteiger partial charge in [-0.1, -0.05) is 58.4 Å². The zero-order valence-electron chi connectivity index (χ0n) is 12.6. The number of benzene rings is 1. The summed E-state index contributed by atoms with van der Waals surface area (Å²) in [4.78, 5) is 11.7. The Labute approximate surface area is 117 Å². The normalized spacial score (nSPS) is 11.4. The third-order valence-corrected chi connectivity index (χ3v) is 2.81. The summed E-state index contributed by atoms with van der Waals surface area (Å²) in [5, 5.41) is 2.94. The van der Waals surface area contributed by atoms with Crippen molar-refractivity contribution in [3.63, 3.8) is 0 Å². The maximum Gasteiger partial charge on any atom is 0.224 e. The Bertz CT molecular complexity index is 404. The molecule has 1 amide bonds. The van der Waals surface area contributed by atoms with E-state index in [1.165, 1.54) is 17.5 Å². The number of nitrogens with one attached hydrogen (secondary N) is 1. The van der Waals surface area contributed by atoms with Gasteiger partial charge < -0.3 is 5.32 Å². The Kier molecular flexibility index (Phi) is 6.07. The zero-order chi connectivity index (χ0) is 14.3. The number of hydrogen-bond acceptors (Lipinski definition) is 1. The Hall–Kier alpha value is -1.31. The van der Waals surface area contributed by atoms with E-state index in [0.29, 0.717) is 6.54 Å². The van der Waals surface area contributed by atoms with Crippen LogP contribution in [0.1, 0.15) is 45.2 Å². The molecule has 0 fully saturated rings. The molecule has 1 aromatic rings. The third-order valence-electron chi connectivity index (χ3n) is 2.81. The molecule has 105 valence electrons. The van der Waals surface area contributed by atoms with Gasteiger partial charge in [0.1, 0.15) is 0 Å². The Morgan fingerprint density at radius 2 is 1.84 bits per heavy atom. The quantitative estimate of drug-likeness (QED) is 0.832. The molecule has 0 aromatic heterocycles. The van der Waals surface area contributed by atoms with Crippen molar-refractivity contribution < 1.29 is 4.79 Å². The van der Waals surface area contributed by atoms with Crippen LogP contribution in [-0.2, 0) is 17.6 Å². The van der Waals surface area contributed by atoms with Gasteiger partial charge in [-0.2, -0.15) is 0 Å². The van der Waals surface area contributed by atoms with E-state index in [9.17, 15) is 4.79 Å². The van der Waals surface area contributed by atoms with Crippen LogP contribution in [0.25, 0.3) is 0 Å². The summed E-state index contributed by atoms with van der Waals surface area (Å²) in [5.41, 5.74) is 2.61. The maximum atomic E-state index is 11.7. The summed E-state index contributed by atoms with van der Waals surface area (Å²) < 4.78 is 0. The van der Waals surface area contributed by atoms with Crippen LogP contribution in [0.15, 0.2) is 24.3 Å². The largest absolute Gasteiger partial charge is 0.355 e. The minimum absolute atomic E-state index is 0.0252. The minimum Gasteiger partial charge on any atom is -0.355 e. The maximum absolute atomic E-state index is 11.7. The van der Waals surface area contributed by atoms with Crippen molar-refractivity contribution in [3.05, 3.63) is 41.8 Å². The van der Waals surface area contributed by atoms with E-state index in [4.69, 9.17) is 0 Å². The second-order valence-electron chi connectivity index (χ2n) is 6.12. The Morgan fingerprint density at radius 1 is 1.21 bits per heavy atom. The van der Waals surface area contributed by atoms with Gasteiger partial charge in [0.05, 0.1) is 6.42 Å². The van der Waals surface area contributed by atoms with Crippen molar-refractivity contribution in [2.75, 3.05) is 6.54 Å². The fourth-order valence-corrected chi connectivity index (χ4v) is 2.00. The molecule has 1 radical (unpaired) electrons.